The van der Waals surface area contributed by atoms with Crippen LogP contribution in [0, 0.1) is 12.7 Å². The molecule has 0 saturated heterocycles. The van der Waals surface area contributed by atoms with Gasteiger partial charge < -0.3 is 4.52 Å². The van der Waals surface area contributed by atoms with Crippen LogP contribution in [-0.4, -0.2) is 25.7 Å². The van der Waals surface area contributed by atoms with E-state index in [1.807, 2.05) is 6.92 Å². The number of hydrogen-bond donors (Lipinski definition) is 0. The molecule has 0 amide bonds. The van der Waals surface area contributed by atoms with Crippen LogP contribution in [0.3, 0.4) is 0 Å². The second-order valence-electron chi connectivity index (χ2n) is 4.80. The molecule has 2 heterocycles. The molecule has 6 nitrogen and oxygen atoms in total. The molecule has 7 heteroatoms. The average molecular weight is 300 g/mol. The number of rotatable bonds is 4. The molecule has 0 aliphatic carbocycles. The van der Waals surface area contributed by atoms with Gasteiger partial charge in [-0.2, -0.15) is 10.1 Å². The SMILES string of the molecule is CCn1cc(C(=O)c2nc(-c3ccc(F)c(C)c3)no2)cn1. The number of hydrogen-bond acceptors (Lipinski definition) is 5. The lowest BCUT2D eigenvalue weighted by Crippen LogP contribution is -2.00. The molecular weight excluding hydrogens is 287 g/mol. The highest BCUT2D eigenvalue weighted by Gasteiger charge is 2.19. The first-order valence-electron chi connectivity index (χ1n) is 6.76. The standard InChI is InChI=1S/C15H13FN4O2/c1-3-20-8-11(7-17-20)13(21)15-18-14(19-22-15)10-4-5-12(16)9(2)6-10/h4-8H,3H2,1-2H3. The third-order valence-electron chi connectivity index (χ3n) is 3.26. The van der Waals surface area contributed by atoms with E-state index in [0.717, 1.165) is 0 Å². The summed E-state index contributed by atoms with van der Waals surface area (Å²) in [5.41, 5.74) is 1.44. The fraction of sp³-hybridized carbons (Fsp3) is 0.200. The first kappa shape index (κ1) is 14.1. The van der Waals surface area contributed by atoms with Crippen molar-refractivity contribution in [2.24, 2.45) is 0 Å². The second-order valence-corrected chi connectivity index (χ2v) is 4.80. The van der Waals surface area contributed by atoms with Gasteiger partial charge in [-0.25, -0.2) is 4.39 Å². The van der Waals surface area contributed by atoms with E-state index in [9.17, 15) is 9.18 Å². The van der Waals surface area contributed by atoms with E-state index in [1.54, 1.807) is 23.9 Å². The first-order chi connectivity index (χ1) is 10.6. The molecule has 3 aromatic rings. The number of benzene rings is 1. The molecule has 0 aliphatic rings. The van der Waals surface area contributed by atoms with Crippen molar-refractivity contribution in [2.75, 3.05) is 0 Å². The van der Waals surface area contributed by atoms with Gasteiger partial charge >= 0.3 is 0 Å². The number of ketones is 1. The molecule has 0 atom stereocenters. The Morgan fingerprint density at radius 3 is 2.91 bits per heavy atom. The van der Waals surface area contributed by atoms with E-state index in [0.29, 0.717) is 23.2 Å². The van der Waals surface area contributed by atoms with E-state index >= 15 is 0 Å². The molecule has 112 valence electrons. The highest BCUT2D eigenvalue weighted by Crippen LogP contribution is 2.20. The molecule has 0 unspecified atom stereocenters. The number of aryl methyl sites for hydroxylation is 2. The van der Waals surface area contributed by atoms with Gasteiger partial charge in [0.2, 0.25) is 5.82 Å². The quantitative estimate of drug-likeness (QED) is 0.692. The summed E-state index contributed by atoms with van der Waals surface area (Å²) in [6, 6.07) is 4.47. The molecular formula is C15H13FN4O2. The Balaban J connectivity index is 1.89. The summed E-state index contributed by atoms with van der Waals surface area (Å²) >= 11 is 0. The van der Waals surface area contributed by atoms with Crippen LogP contribution in [0.2, 0.25) is 0 Å². The van der Waals surface area contributed by atoms with Crippen molar-refractivity contribution in [1.29, 1.82) is 0 Å². The lowest BCUT2D eigenvalue weighted by molar-refractivity contribution is 0.0994. The largest absolute Gasteiger partial charge is 0.330 e. The number of carbonyl (C=O) groups is 1. The maximum Gasteiger partial charge on any atom is 0.299 e. The third-order valence-corrected chi connectivity index (χ3v) is 3.26. The summed E-state index contributed by atoms with van der Waals surface area (Å²) in [6.45, 7) is 4.23. The second kappa shape index (κ2) is 5.51. The molecule has 0 radical (unpaired) electrons. The summed E-state index contributed by atoms with van der Waals surface area (Å²) in [6.07, 6.45) is 3.08. The highest BCUT2D eigenvalue weighted by molar-refractivity contribution is 6.05. The molecule has 0 spiro atoms. The van der Waals surface area contributed by atoms with E-state index in [1.165, 1.54) is 18.3 Å². The molecule has 3 rings (SSSR count). The Morgan fingerprint density at radius 2 is 2.23 bits per heavy atom. The van der Waals surface area contributed by atoms with Gasteiger partial charge in [0.25, 0.3) is 11.7 Å². The van der Waals surface area contributed by atoms with Gasteiger partial charge in [0.05, 0.1) is 11.8 Å². The topological polar surface area (TPSA) is 73.8 Å². The fourth-order valence-electron chi connectivity index (χ4n) is 1.99. The lowest BCUT2D eigenvalue weighted by atomic mass is 10.1. The number of nitrogens with zero attached hydrogens (tertiary/aromatic N) is 4. The third kappa shape index (κ3) is 2.52. The van der Waals surface area contributed by atoms with Crippen molar-refractivity contribution < 1.29 is 13.7 Å². The molecule has 0 bridgehead atoms. The summed E-state index contributed by atoms with van der Waals surface area (Å²) in [5.74, 6) is -0.574. The predicted octanol–water partition coefficient (Wildman–Crippen LogP) is 2.63. The van der Waals surface area contributed by atoms with Crippen molar-refractivity contribution >= 4 is 5.78 Å². The van der Waals surface area contributed by atoms with Gasteiger partial charge in [-0.05, 0) is 37.6 Å². The smallest absolute Gasteiger partial charge is 0.299 e. The number of halogens is 1. The molecule has 0 aliphatic heterocycles. The van der Waals surface area contributed by atoms with Crippen LogP contribution in [-0.2, 0) is 6.54 Å². The van der Waals surface area contributed by atoms with Crippen molar-refractivity contribution in [3.05, 3.63) is 53.4 Å². The highest BCUT2D eigenvalue weighted by atomic mass is 19.1. The van der Waals surface area contributed by atoms with E-state index < -0.39 is 5.78 Å². The summed E-state index contributed by atoms with van der Waals surface area (Å²) < 4.78 is 19.9. The Morgan fingerprint density at radius 1 is 1.41 bits per heavy atom. The van der Waals surface area contributed by atoms with Crippen molar-refractivity contribution in [3.8, 4) is 11.4 Å². The minimum atomic E-state index is -0.391. The van der Waals surface area contributed by atoms with E-state index in [4.69, 9.17) is 4.52 Å². The van der Waals surface area contributed by atoms with Crippen molar-refractivity contribution in [3.63, 3.8) is 0 Å². The first-order valence-corrected chi connectivity index (χ1v) is 6.76. The fourth-order valence-corrected chi connectivity index (χ4v) is 1.99. The van der Waals surface area contributed by atoms with Gasteiger partial charge in [0, 0.05) is 18.3 Å². The van der Waals surface area contributed by atoms with Crippen LogP contribution < -0.4 is 0 Å². The van der Waals surface area contributed by atoms with Crippen molar-refractivity contribution in [1.82, 2.24) is 19.9 Å². The summed E-state index contributed by atoms with van der Waals surface area (Å²) in [4.78, 5) is 16.3. The van der Waals surface area contributed by atoms with Gasteiger partial charge in [-0.1, -0.05) is 5.16 Å². The Hall–Kier alpha value is -2.83. The Labute approximate surface area is 125 Å². The Kier molecular flexibility index (Phi) is 3.54. The minimum absolute atomic E-state index is 0.118. The molecule has 22 heavy (non-hydrogen) atoms. The van der Waals surface area contributed by atoms with Crippen LogP contribution >= 0.6 is 0 Å². The van der Waals surface area contributed by atoms with E-state index in [2.05, 4.69) is 15.2 Å². The van der Waals surface area contributed by atoms with Crippen LogP contribution in [0.5, 0.6) is 0 Å². The monoisotopic (exact) mass is 300 g/mol. The molecule has 0 fully saturated rings. The lowest BCUT2D eigenvalue weighted by Gasteiger charge is -1.97. The molecule has 0 saturated carbocycles. The van der Waals surface area contributed by atoms with Gasteiger partial charge in [0.1, 0.15) is 5.82 Å². The minimum Gasteiger partial charge on any atom is -0.330 e. The maximum absolute atomic E-state index is 13.3. The predicted molar refractivity (Wildman–Crippen MR) is 75.8 cm³/mol. The Bertz CT molecular complexity index is 838. The van der Waals surface area contributed by atoms with Crippen LogP contribution in [0.15, 0.2) is 35.1 Å². The zero-order chi connectivity index (χ0) is 15.7. The van der Waals surface area contributed by atoms with Gasteiger partial charge in [0.15, 0.2) is 0 Å². The molecule has 0 N–H and O–H groups in total. The zero-order valence-electron chi connectivity index (χ0n) is 12.1. The summed E-state index contributed by atoms with van der Waals surface area (Å²) in [5, 5.41) is 7.81. The van der Waals surface area contributed by atoms with Crippen LogP contribution in [0.1, 0.15) is 28.7 Å². The molecule has 2 aromatic heterocycles. The van der Waals surface area contributed by atoms with Crippen molar-refractivity contribution in [2.45, 2.75) is 20.4 Å². The van der Waals surface area contributed by atoms with E-state index in [-0.39, 0.29) is 17.5 Å². The maximum atomic E-state index is 13.3. The normalized spacial score (nSPS) is 10.9. The van der Waals surface area contributed by atoms with Crippen LogP contribution in [0.25, 0.3) is 11.4 Å². The van der Waals surface area contributed by atoms with Gasteiger partial charge in [-0.3, -0.25) is 9.48 Å². The molecule has 1 aromatic carbocycles. The summed E-state index contributed by atoms with van der Waals surface area (Å²) in [7, 11) is 0. The zero-order valence-corrected chi connectivity index (χ0v) is 12.1. The van der Waals surface area contributed by atoms with Crippen LogP contribution in [0.4, 0.5) is 4.39 Å². The average Bonchev–Trinajstić information content (AvgIpc) is 3.18. The van der Waals surface area contributed by atoms with Gasteiger partial charge in [-0.15, -0.1) is 0 Å². The number of carbonyl (C=O) groups excluding carboxylic acids is 1. The number of aromatic nitrogens is 4.